The van der Waals surface area contributed by atoms with Crippen LogP contribution in [0.25, 0.3) is 0 Å². The summed E-state index contributed by atoms with van der Waals surface area (Å²) in [6, 6.07) is 14.6. The standard InChI is InChI=1S/C19H28N4O.HI/c1-15(16-9-6-5-7-10-16)23-19(2,3)14-22-18(20-4)21-13-17-11-8-12-24-17;/h5-12,15,23H,13-14H2,1-4H3,(H2,20,21,22);1H. The summed E-state index contributed by atoms with van der Waals surface area (Å²) >= 11 is 0. The molecule has 6 heteroatoms. The van der Waals surface area contributed by atoms with Crippen molar-refractivity contribution in [2.75, 3.05) is 13.6 Å². The van der Waals surface area contributed by atoms with E-state index in [2.05, 4.69) is 66.0 Å². The Balaban J connectivity index is 0.00000312. The first kappa shape index (κ1) is 21.5. The number of nitrogens with zero attached hydrogens (tertiary/aromatic N) is 1. The highest BCUT2D eigenvalue weighted by Crippen LogP contribution is 2.15. The first-order valence-electron chi connectivity index (χ1n) is 8.30. The van der Waals surface area contributed by atoms with Crippen molar-refractivity contribution in [2.24, 2.45) is 4.99 Å². The number of aliphatic imine (C=N–C) groups is 1. The summed E-state index contributed by atoms with van der Waals surface area (Å²) in [6.45, 7) is 7.91. The smallest absolute Gasteiger partial charge is 0.191 e. The Kier molecular flexibility index (Phi) is 8.99. The van der Waals surface area contributed by atoms with Crippen LogP contribution in [0.2, 0.25) is 0 Å². The SMILES string of the molecule is CN=C(NCc1ccco1)NCC(C)(C)NC(C)c1ccccc1.I. The number of rotatable bonds is 7. The highest BCUT2D eigenvalue weighted by atomic mass is 127. The molecule has 5 nitrogen and oxygen atoms in total. The zero-order chi connectivity index (χ0) is 17.4. The second-order valence-corrected chi connectivity index (χ2v) is 6.52. The summed E-state index contributed by atoms with van der Waals surface area (Å²) in [4.78, 5) is 4.25. The number of guanidine groups is 1. The number of furan rings is 1. The largest absolute Gasteiger partial charge is 0.467 e. The van der Waals surface area contributed by atoms with E-state index in [0.29, 0.717) is 6.54 Å². The highest BCUT2D eigenvalue weighted by molar-refractivity contribution is 14.0. The van der Waals surface area contributed by atoms with E-state index in [-0.39, 0.29) is 35.6 Å². The van der Waals surface area contributed by atoms with Gasteiger partial charge in [0.05, 0.1) is 12.8 Å². The summed E-state index contributed by atoms with van der Waals surface area (Å²) in [7, 11) is 1.77. The quantitative estimate of drug-likeness (QED) is 0.338. The maximum atomic E-state index is 5.32. The molecule has 0 aliphatic carbocycles. The molecule has 1 heterocycles. The minimum Gasteiger partial charge on any atom is -0.467 e. The molecule has 0 aliphatic rings. The van der Waals surface area contributed by atoms with Gasteiger partial charge >= 0.3 is 0 Å². The molecule has 0 bridgehead atoms. The van der Waals surface area contributed by atoms with Crippen LogP contribution in [-0.4, -0.2) is 25.1 Å². The van der Waals surface area contributed by atoms with Gasteiger partial charge in [-0.25, -0.2) is 0 Å². The van der Waals surface area contributed by atoms with Crippen molar-refractivity contribution in [3.05, 3.63) is 60.1 Å². The van der Waals surface area contributed by atoms with Gasteiger partial charge in [-0.3, -0.25) is 4.99 Å². The minimum absolute atomic E-state index is 0. The first-order valence-corrected chi connectivity index (χ1v) is 8.30. The van der Waals surface area contributed by atoms with Crippen molar-refractivity contribution in [1.82, 2.24) is 16.0 Å². The van der Waals surface area contributed by atoms with Gasteiger partial charge in [-0.15, -0.1) is 24.0 Å². The minimum atomic E-state index is -0.0858. The molecule has 1 aromatic heterocycles. The molecule has 0 fully saturated rings. The van der Waals surface area contributed by atoms with Gasteiger partial charge in [-0.05, 0) is 38.5 Å². The normalized spacial score (nSPS) is 13.0. The van der Waals surface area contributed by atoms with Gasteiger partial charge in [0.2, 0.25) is 0 Å². The molecule has 1 aromatic carbocycles. The van der Waals surface area contributed by atoms with E-state index < -0.39 is 0 Å². The third-order valence-corrected chi connectivity index (χ3v) is 3.84. The zero-order valence-electron chi connectivity index (χ0n) is 15.4. The Morgan fingerprint density at radius 3 is 2.44 bits per heavy atom. The first-order chi connectivity index (χ1) is 11.5. The number of nitrogens with one attached hydrogen (secondary N) is 3. The zero-order valence-corrected chi connectivity index (χ0v) is 17.7. The van der Waals surface area contributed by atoms with E-state index in [9.17, 15) is 0 Å². The molecule has 138 valence electrons. The molecule has 0 saturated carbocycles. The van der Waals surface area contributed by atoms with Crippen molar-refractivity contribution in [3.63, 3.8) is 0 Å². The monoisotopic (exact) mass is 456 g/mol. The number of benzene rings is 1. The average molecular weight is 456 g/mol. The number of hydrogen-bond donors (Lipinski definition) is 3. The molecule has 1 unspecified atom stereocenters. The maximum Gasteiger partial charge on any atom is 0.191 e. The molecule has 1 atom stereocenters. The van der Waals surface area contributed by atoms with Crippen LogP contribution in [-0.2, 0) is 6.54 Å². The molecule has 0 saturated heterocycles. The van der Waals surface area contributed by atoms with E-state index in [1.165, 1.54) is 5.56 Å². The van der Waals surface area contributed by atoms with Crippen molar-refractivity contribution >= 4 is 29.9 Å². The van der Waals surface area contributed by atoms with Crippen molar-refractivity contribution < 1.29 is 4.42 Å². The lowest BCUT2D eigenvalue weighted by atomic mass is 10.0. The molecule has 25 heavy (non-hydrogen) atoms. The predicted molar refractivity (Wildman–Crippen MR) is 114 cm³/mol. The lowest BCUT2D eigenvalue weighted by Crippen LogP contribution is -2.52. The fourth-order valence-electron chi connectivity index (χ4n) is 2.57. The van der Waals surface area contributed by atoms with Crippen LogP contribution in [0.3, 0.4) is 0 Å². The number of hydrogen-bond acceptors (Lipinski definition) is 3. The van der Waals surface area contributed by atoms with Crippen LogP contribution < -0.4 is 16.0 Å². The maximum absolute atomic E-state index is 5.32. The summed E-state index contributed by atoms with van der Waals surface area (Å²) in [5, 5.41) is 10.3. The number of halogens is 1. The molecule has 2 aromatic rings. The lowest BCUT2D eigenvalue weighted by molar-refractivity contribution is 0.344. The van der Waals surface area contributed by atoms with Gasteiger partial charge in [0, 0.05) is 25.2 Å². The Hall–Kier alpha value is -1.54. The summed E-state index contributed by atoms with van der Waals surface area (Å²) in [5.74, 6) is 1.64. The summed E-state index contributed by atoms with van der Waals surface area (Å²) in [6.07, 6.45) is 1.67. The van der Waals surface area contributed by atoms with E-state index >= 15 is 0 Å². The molecule has 0 spiro atoms. The van der Waals surface area contributed by atoms with Crippen LogP contribution in [0, 0.1) is 0 Å². The Bertz CT molecular complexity index is 626. The van der Waals surface area contributed by atoms with Crippen LogP contribution >= 0.6 is 24.0 Å². The topological polar surface area (TPSA) is 61.6 Å². The van der Waals surface area contributed by atoms with E-state index in [1.807, 2.05) is 18.2 Å². The van der Waals surface area contributed by atoms with Crippen molar-refractivity contribution in [3.8, 4) is 0 Å². The predicted octanol–water partition coefficient (Wildman–Crippen LogP) is 3.69. The average Bonchev–Trinajstić information content (AvgIpc) is 3.09. The van der Waals surface area contributed by atoms with E-state index in [4.69, 9.17) is 4.42 Å². The lowest BCUT2D eigenvalue weighted by Gasteiger charge is -2.31. The van der Waals surface area contributed by atoms with Crippen LogP contribution in [0.4, 0.5) is 0 Å². The van der Waals surface area contributed by atoms with Gasteiger partial charge in [-0.2, -0.15) is 0 Å². The van der Waals surface area contributed by atoms with Crippen molar-refractivity contribution in [2.45, 2.75) is 38.9 Å². The van der Waals surface area contributed by atoms with E-state index in [1.54, 1.807) is 13.3 Å². The third kappa shape index (κ3) is 7.48. The molecular formula is C19H29IN4O. The molecular weight excluding hydrogens is 427 g/mol. The Morgan fingerprint density at radius 1 is 1.12 bits per heavy atom. The summed E-state index contributed by atoms with van der Waals surface area (Å²) in [5.41, 5.74) is 1.20. The molecule has 0 amide bonds. The molecule has 3 N–H and O–H groups in total. The van der Waals surface area contributed by atoms with Gasteiger partial charge < -0.3 is 20.4 Å². The fourth-order valence-corrected chi connectivity index (χ4v) is 2.57. The second-order valence-electron chi connectivity index (χ2n) is 6.52. The molecule has 2 rings (SSSR count). The van der Waals surface area contributed by atoms with Crippen LogP contribution in [0.5, 0.6) is 0 Å². The summed E-state index contributed by atoms with van der Waals surface area (Å²) < 4.78 is 5.32. The highest BCUT2D eigenvalue weighted by Gasteiger charge is 2.21. The second kappa shape index (κ2) is 10.5. The third-order valence-electron chi connectivity index (χ3n) is 3.84. The molecule has 0 aliphatic heterocycles. The van der Waals surface area contributed by atoms with Crippen LogP contribution in [0.1, 0.15) is 38.1 Å². The fraction of sp³-hybridized carbons (Fsp3) is 0.421. The Labute approximate surface area is 167 Å². The van der Waals surface area contributed by atoms with Crippen LogP contribution in [0.15, 0.2) is 58.1 Å². The van der Waals surface area contributed by atoms with Crippen molar-refractivity contribution in [1.29, 1.82) is 0 Å². The van der Waals surface area contributed by atoms with Gasteiger partial charge in [0.15, 0.2) is 5.96 Å². The van der Waals surface area contributed by atoms with Gasteiger partial charge in [0.25, 0.3) is 0 Å². The van der Waals surface area contributed by atoms with E-state index in [0.717, 1.165) is 18.3 Å². The van der Waals surface area contributed by atoms with Gasteiger partial charge in [0.1, 0.15) is 5.76 Å². The Morgan fingerprint density at radius 2 is 1.84 bits per heavy atom. The molecule has 0 radical (unpaired) electrons. The van der Waals surface area contributed by atoms with Gasteiger partial charge in [-0.1, -0.05) is 30.3 Å².